The SMILES string of the molecule is CCc1c2c(nc3ccc(O)cc13)-c1cc3c(c(=O)n1C2)COC(=O)[C@@]3(CC)OC(=O)C(NC(=O)C(CCCCN)NC(=O)Nc1ccccc1)C(C)C.Cl. The molecule has 0 fully saturated rings. The Labute approximate surface area is 324 Å². The zero-order valence-electron chi connectivity index (χ0n) is 31.3. The van der Waals surface area contributed by atoms with Gasteiger partial charge in [0, 0.05) is 22.2 Å². The number of phenolic OH excluding ortho intramolecular Hbond substituents is 1. The number of aromatic hydroxyl groups is 1. The van der Waals surface area contributed by atoms with Crippen molar-refractivity contribution in [3.63, 3.8) is 0 Å². The fourth-order valence-corrected chi connectivity index (χ4v) is 7.31. The summed E-state index contributed by atoms with van der Waals surface area (Å²) in [5, 5.41) is 19.1. The van der Waals surface area contributed by atoms with Gasteiger partial charge >= 0.3 is 18.0 Å². The van der Waals surface area contributed by atoms with Crippen molar-refractivity contribution in [1.29, 1.82) is 0 Å². The Morgan fingerprint density at radius 2 is 1.78 bits per heavy atom. The second-order valence-electron chi connectivity index (χ2n) is 14.0. The van der Waals surface area contributed by atoms with Crippen LogP contribution in [0.1, 0.15) is 75.6 Å². The highest BCUT2D eigenvalue weighted by atomic mass is 35.5. The van der Waals surface area contributed by atoms with Crippen molar-refractivity contribution in [3.05, 3.63) is 87.2 Å². The number of fused-ring (bicyclic) bond motifs is 5. The topological polar surface area (TPSA) is 204 Å². The fourth-order valence-electron chi connectivity index (χ4n) is 7.31. The van der Waals surface area contributed by atoms with Crippen molar-refractivity contribution < 1.29 is 33.8 Å². The molecule has 0 radical (unpaired) electrons. The highest BCUT2D eigenvalue weighted by Gasteiger charge is 2.51. The van der Waals surface area contributed by atoms with Gasteiger partial charge in [0.15, 0.2) is 0 Å². The number of benzene rings is 2. The molecule has 55 heavy (non-hydrogen) atoms. The predicted molar refractivity (Wildman–Crippen MR) is 209 cm³/mol. The summed E-state index contributed by atoms with van der Waals surface area (Å²) in [6.45, 7) is 7.41. The number of cyclic esters (lactones) is 1. The number of urea groups is 1. The van der Waals surface area contributed by atoms with Crippen molar-refractivity contribution >= 4 is 52.9 Å². The van der Waals surface area contributed by atoms with E-state index < -0.39 is 53.0 Å². The van der Waals surface area contributed by atoms with Crippen LogP contribution in [0.5, 0.6) is 5.75 Å². The quantitative estimate of drug-likeness (QED) is 0.0818. The molecule has 0 aliphatic carbocycles. The summed E-state index contributed by atoms with van der Waals surface area (Å²) in [7, 11) is 0. The molecule has 2 aliphatic rings. The van der Waals surface area contributed by atoms with Gasteiger partial charge in [-0.3, -0.25) is 9.59 Å². The average molecular weight is 775 g/mol. The summed E-state index contributed by atoms with van der Waals surface area (Å²) in [6, 6.07) is 12.5. The Morgan fingerprint density at radius 3 is 2.45 bits per heavy atom. The summed E-state index contributed by atoms with van der Waals surface area (Å²) in [4.78, 5) is 73.6. The first-order valence-electron chi connectivity index (χ1n) is 18.4. The number of esters is 2. The molecule has 0 saturated heterocycles. The molecular weight excluding hydrogens is 728 g/mol. The number of amides is 3. The molecule has 14 nitrogen and oxygen atoms in total. The summed E-state index contributed by atoms with van der Waals surface area (Å²) in [6.07, 6.45) is 1.96. The summed E-state index contributed by atoms with van der Waals surface area (Å²) in [5.74, 6) is -2.75. The number of phenols is 1. The number of hydrogen-bond donors (Lipinski definition) is 5. The molecule has 3 amide bonds. The molecule has 2 aromatic carbocycles. The molecule has 15 heteroatoms. The first-order valence-corrected chi connectivity index (χ1v) is 18.4. The van der Waals surface area contributed by atoms with Crippen LogP contribution in [0.2, 0.25) is 0 Å². The lowest BCUT2D eigenvalue weighted by Crippen LogP contribution is -2.56. The third-order valence-corrected chi connectivity index (χ3v) is 10.2. The number of nitrogens with one attached hydrogen (secondary N) is 3. The Bertz CT molecular complexity index is 2170. The third kappa shape index (κ3) is 7.87. The molecule has 0 saturated carbocycles. The normalized spacial score (nSPS) is 16.5. The number of hydrogen-bond acceptors (Lipinski definition) is 10. The van der Waals surface area contributed by atoms with Gasteiger partial charge in [0.05, 0.1) is 29.0 Å². The standard InChI is InChI=1S/C40H46N6O8.ClH/c1-5-25-26-18-24(47)15-16-30(26)43-34-27(25)20-46-32(34)19-29-28(36(46)49)21-53-38(51)40(29,6-2)54-37(50)33(22(3)4)45-35(48)31(14-10-11-17-41)44-39(52)42-23-12-8-7-9-13-23;/h7-9,12-13,15-16,18-19,22,31,33,47H,5-6,10-11,14,17,20-21,41H2,1-4H3,(H,45,48)(H2,42,44,52);1H/t31?,33?,40-;/m0./s1. The van der Waals surface area contributed by atoms with Gasteiger partial charge in [-0.1, -0.05) is 45.9 Å². The third-order valence-electron chi connectivity index (χ3n) is 10.2. The zero-order valence-corrected chi connectivity index (χ0v) is 32.1. The first-order chi connectivity index (χ1) is 25.9. The number of aromatic nitrogens is 2. The van der Waals surface area contributed by atoms with Crippen LogP contribution >= 0.6 is 12.4 Å². The Kier molecular flexibility index (Phi) is 12.5. The van der Waals surface area contributed by atoms with Crippen LogP contribution in [0.3, 0.4) is 0 Å². The van der Waals surface area contributed by atoms with Crippen molar-refractivity contribution in [3.8, 4) is 17.1 Å². The number of aryl methyl sites for hydroxylation is 1. The number of carbonyl (C=O) groups is 4. The Morgan fingerprint density at radius 1 is 1.04 bits per heavy atom. The number of ether oxygens (including phenoxy) is 2. The zero-order chi connectivity index (χ0) is 38.7. The van der Waals surface area contributed by atoms with E-state index >= 15 is 0 Å². The number of nitrogens with two attached hydrogens (primary N) is 1. The van der Waals surface area contributed by atoms with Crippen molar-refractivity contribution in [2.75, 3.05) is 11.9 Å². The van der Waals surface area contributed by atoms with Gasteiger partial charge in [-0.2, -0.15) is 0 Å². The van der Waals surface area contributed by atoms with E-state index in [0.29, 0.717) is 48.4 Å². The lowest BCUT2D eigenvalue weighted by molar-refractivity contribution is -0.191. The van der Waals surface area contributed by atoms with Crippen LogP contribution in [0.4, 0.5) is 10.5 Å². The number of unbranched alkanes of at least 4 members (excludes halogenated alkanes) is 1. The molecule has 4 heterocycles. The van der Waals surface area contributed by atoms with Gasteiger partial charge in [-0.25, -0.2) is 19.4 Å². The minimum absolute atomic E-state index is 0. The van der Waals surface area contributed by atoms with E-state index in [-0.39, 0.29) is 55.3 Å². The number of halogens is 1. The van der Waals surface area contributed by atoms with E-state index in [9.17, 15) is 29.1 Å². The molecule has 3 atom stereocenters. The Balaban J connectivity index is 0.00000580. The van der Waals surface area contributed by atoms with E-state index in [0.717, 1.165) is 16.5 Å². The summed E-state index contributed by atoms with van der Waals surface area (Å²) >= 11 is 0. The van der Waals surface area contributed by atoms with E-state index in [4.69, 9.17) is 20.2 Å². The van der Waals surface area contributed by atoms with Gasteiger partial charge in [-0.15, -0.1) is 12.4 Å². The summed E-state index contributed by atoms with van der Waals surface area (Å²) < 4.78 is 13.2. The maximum Gasteiger partial charge on any atom is 0.355 e. The molecule has 2 aromatic heterocycles. The monoisotopic (exact) mass is 774 g/mol. The molecule has 6 N–H and O–H groups in total. The lowest BCUT2D eigenvalue weighted by Gasteiger charge is -2.37. The van der Waals surface area contributed by atoms with Crippen molar-refractivity contribution in [2.45, 2.75) is 90.6 Å². The van der Waals surface area contributed by atoms with Gasteiger partial charge < -0.3 is 40.8 Å². The number of anilines is 1. The number of rotatable bonds is 13. The number of pyridine rings is 2. The molecule has 0 bridgehead atoms. The predicted octanol–water partition coefficient (Wildman–Crippen LogP) is 4.78. The molecule has 6 rings (SSSR count). The van der Waals surface area contributed by atoms with Crippen LogP contribution in [0.25, 0.3) is 22.3 Å². The van der Waals surface area contributed by atoms with Crippen LogP contribution < -0.4 is 27.2 Å². The van der Waals surface area contributed by atoms with E-state index in [2.05, 4.69) is 16.0 Å². The van der Waals surface area contributed by atoms with Gasteiger partial charge in [0.25, 0.3) is 5.56 Å². The second-order valence-corrected chi connectivity index (χ2v) is 14.0. The minimum Gasteiger partial charge on any atom is -0.508 e. The number of carbonyl (C=O) groups excluding carboxylic acids is 4. The maximum absolute atomic E-state index is 14.2. The first kappa shape index (κ1) is 40.7. The minimum atomic E-state index is -2.00. The summed E-state index contributed by atoms with van der Waals surface area (Å²) in [5.41, 5.74) is 7.66. The van der Waals surface area contributed by atoms with Crippen molar-refractivity contribution in [2.24, 2.45) is 11.7 Å². The number of nitrogens with zero attached hydrogens (tertiary/aromatic N) is 2. The lowest BCUT2D eigenvalue weighted by atomic mass is 9.85. The molecule has 2 aliphatic heterocycles. The molecule has 292 valence electrons. The molecule has 0 spiro atoms. The van der Waals surface area contributed by atoms with Crippen LogP contribution in [0.15, 0.2) is 59.4 Å². The van der Waals surface area contributed by atoms with E-state index in [1.54, 1.807) is 73.9 Å². The van der Waals surface area contributed by atoms with Crippen LogP contribution in [-0.4, -0.2) is 57.2 Å². The molecule has 2 unspecified atom stereocenters. The highest BCUT2D eigenvalue weighted by Crippen LogP contribution is 2.42. The second kappa shape index (κ2) is 16.9. The van der Waals surface area contributed by atoms with Crippen LogP contribution in [-0.2, 0) is 49.0 Å². The van der Waals surface area contributed by atoms with E-state index in [1.165, 1.54) is 0 Å². The largest absolute Gasteiger partial charge is 0.508 e. The van der Waals surface area contributed by atoms with Crippen molar-refractivity contribution in [1.82, 2.24) is 20.2 Å². The number of para-hydroxylation sites is 1. The highest BCUT2D eigenvalue weighted by molar-refractivity contribution is 5.96. The molecular formula is C40H47ClN6O8. The fraction of sp³-hybridized carbons (Fsp3) is 0.400. The van der Waals surface area contributed by atoms with Crippen LogP contribution in [0, 0.1) is 5.92 Å². The van der Waals surface area contributed by atoms with E-state index in [1.807, 2.05) is 13.0 Å². The Hall–Kier alpha value is -5.47. The smallest absolute Gasteiger partial charge is 0.355 e. The molecule has 4 aromatic rings. The maximum atomic E-state index is 14.2. The van der Waals surface area contributed by atoms with Gasteiger partial charge in [0.2, 0.25) is 11.5 Å². The van der Waals surface area contributed by atoms with Gasteiger partial charge in [0.1, 0.15) is 24.4 Å². The van der Waals surface area contributed by atoms with Gasteiger partial charge in [-0.05, 0) is 86.5 Å². The average Bonchev–Trinajstić information content (AvgIpc) is 3.52.